The number of aryl methyl sites for hydroxylation is 1. The predicted molar refractivity (Wildman–Crippen MR) is 130 cm³/mol. The van der Waals surface area contributed by atoms with Crippen LogP contribution >= 0.6 is 0 Å². The van der Waals surface area contributed by atoms with E-state index in [0.717, 1.165) is 22.5 Å². The zero-order chi connectivity index (χ0) is 24.7. The molecule has 34 heavy (non-hydrogen) atoms. The summed E-state index contributed by atoms with van der Waals surface area (Å²) >= 11 is 0. The van der Waals surface area contributed by atoms with Crippen molar-refractivity contribution < 1.29 is 19.6 Å². The number of nitrogens with zero attached hydrogens (tertiary/aromatic N) is 2. The number of carbonyl (C=O) groups excluding carboxylic acids is 1. The van der Waals surface area contributed by atoms with Crippen molar-refractivity contribution >= 4 is 23.0 Å². The SMILES string of the molecule is Cc1ccc([N+](=O)[O-])c(OC[C@@H](O)CNC(C)(C)CNc2ccc(C3=NNC(=O)CC3)cc2)c1. The molecule has 0 bridgehead atoms. The number of carbonyl (C=O) groups is 1. The van der Waals surface area contributed by atoms with Crippen molar-refractivity contribution in [3.05, 3.63) is 63.7 Å². The van der Waals surface area contributed by atoms with E-state index < -0.39 is 11.0 Å². The number of ether oxygens (including phenoxy) is 1. The zero-order valence-electron chi connectivity index (χ0n) is 19.6. The number of nitro groups is 1. The highest BCUT2D eigenvalue weighted by molar-refractivity contribution is 6.04. The van der Waals surface area contributed by atoms with Gasteiger partial charge < -0.3 is 20.5 Å². The number of aliphatic hydroxyl groups is 1. The molecule has 2 aromatic rings. The van der Waals surface area contributed by atoms with Crippen molar-refractivity contribution in [2.75, 3.05) is 25.0 Å². The second-order valence-corrected chi connectivity index (χ2v) is 8.98. The van der Waals surface area contributed by atoms with Crippen molar-refractivity contribution in [2.45, 2.75) is 45.3 Å². The summed E-state index contributed by atoms with van der Waals surface area (Å²) in [7, 11) is 0. The number of hydrogen-bond acceptors (Lipinski definition) is 8. The molecular formula is C24H31N5O5. The standard InChI is InChI=1S/C24H31N5O5/c1-16-4-10-21(29(32)33)22(12-16)34-14-19(30)13-26-24(2,3)15-25-18-7-5-17(6-8-18)20-9-11-23(31)28-27-20/h4-8,10,12,19,25-26,30H,9,11,13-15H2,1-3H3,(H,28,31)/t19-/m0/s1. The highest BCUT2D eigenvalue weighted by Gasteiger charge is 2.20. The minimum absolute atomic E-state index is 0.0629. The van der Waals surface area contributed by atoms with Gasteiger partial charge in [0, 0.05) is 43.2 Å². The van der Waals surface area contributed by atoms with Gasteiger partial charge in [0.05, 0.1) is 10.6 Å². The Labute approximate surface area is 198 Å². The number of rotatable bonds is 11. The zero-order valence-corrected chi connectivity index (χ0v) is 19.6. The average Bonchev–Trinajstić information content (AvgIpc) is 2.81. The van der Waals surface area contributed by atoms with Crippen LogP contribution < -0.4 is 20.8 Å². The van der Waals surface area contributed by atoms with E-state index in [1.165, 1.54) is 6.07 Å². The summed E-state index contributed by atoms with van der Waals surface area (Å²) in [5.74, 6) is 0.0833. The normalized spacial score (nSPS) is 14.7. The van der Waals surface area contributed by atoms with Crippen LogP contribution in [0.4, 0.5) is 11.4 Å². The van der Waals surface area contributed by atoms with Crippen molar-refractivity contribution in [3.8, 4) is 5.75 Å². The van der Waals surface area contributed by atoms with E-state index >= 15 is 0 Å². The lowest BCUT2D eigenvalue weighted by Gasteiger charge is -2.28. The van der Waals surface area contributed by atoms with Gasteiger partial charge in [-0.3, -0.25) is 14.9 Å². The van der Waals surface area contributed by atoms with Gasteiger partial charge in [-0.15, -0.1) is 0 Å². The Hall–Kier alpha value is -3.50. The van der Waals surface area contributed by atoms with Gasteiger partial charge in [0.1, 0.15) is 12.7 Å². The molecule has 10 heteroatoms. The Morgan fingerprint density at radius 3 is 2.62 bits per heavy atom. The molecule has 2 aromatic carbocycles. The third kappa shape index (κ3) is 7.26. The molecule has 1 aliphatic rings. The fourth-order valence-electron chi connectivity index (χ4n) is 3.38. The number of nitro benzene ring substituents is 1. The van der Waals surface area contributed by atoms with Crippen LogP contribution in [0.15, 0.2) is 47.6 Å². The van der Waals surface area contributed by atoms with E-state index in [2.05, 4.69) is 21.2 Å². The molecule has 0 aromatic heterocycles. The third-order valence-corrected chi connectivity index (χ3v) is 5.42. The summed E-state index contributed by atoms with van der Waals surface area (Å²) in [6.07, 6.45) is 0.228. The molecule has 1 heterocycles. The van der Waals surface area contributed by atoms with Crippen LogP contribution in [0.5, 0.6) is 5.75 Å². The lowest BCUT2D eigenvalue weighted by Crippen LogP contribution is -2.49. The minimum Gasteiger partial charge on any atom is -0.484 e. The van der Waals surface area contributed by atoms with E-state index in [9.17, 15) is 20.0 Å². The third-order valence-electron chi connectivity index (χ3n) is 5.42. The first kappa shape index (κ1) is 25.1. The van der Waals surface area contributed by atoms with Crippen LogP contribution in [0.3, 0.4) is 0 Å². The van der Waals surface area contributed by atoms with Gasteiger partial charge >= 0.3 is 5.69 Å². The first-order valence-electron chi connectivity index (χ1n) is 11.1. The maximum Gasteiger partial charge on any atom is 0.310 e. The van der Waals surface area contributed by atoms with Gasteiger partial charge in [0.25, 0.3) is 0 Å². The first-order chi connectivity index (χ1) is 16.1. The van der Waals surface area contributed by atoms with E-state index in [1.807, 2.05) is 45.0 Å². The number of anilines is 1. The molecule has 0 radical (unpaired) electrons. The lowest BCUT2D eigenvalue weighted by molar-refractivity contribution is -0.385. The van der Waals surface area contributed by atoms with Crippen LogP contribution in [0, 0.1) is 17.0 Å². The summed E-state index contributed by atoms with van der Waals surface area (Å²) in [6.45, 7) is 6.63. The highest BCUT2D eigenvalue weighted by Crippen LogP contribution is 2.27. The van der Waals surface area contributed by atoms with Crippen molar-refractivity contribution in [3.63, 3.8) is 0 Å². The number of aliphatic hydroxyl groups excluding tert-OH is 1. The van der Waals surface area contributed by atoms with E-state index in [0.29, 0.717) is 19.4 Å². The smallest absolute Gasteiger partial charge is 0.310 e. The summed E-state index contributed by atoms with van der Waals surface area (Å²) < 4.78 is 5.52. The average molecular weight is 470 g/mol. The molecule has 182 valence electrons. The Balaban J connectivity index is 1.45. The van der Waals surface area contributed by atoms with Crippen LogP contribution in [0.25, 0.3) is 0 Å². The van der Waals surface area contributed by atoms with Gasteiger partial charge in [-0.25, -0.2) is 5.43 Å². The van der Waals surface area contributed by atoms with Gasteiger partial charge in [-0.05, 0) is 50.1 Å². The molecule has 3 rings (SSSR count). The number of nitrogens with one attached hydrogen (secondary N) is 3. The Bertz CT molecular complexity index is 1050. The number of β-amino-alcohol motifs (C(OH)–C–C–N with tert-alkyl or cyclic N) is 1. The fourth-order valence-corrected chi connectivity index (χ4v) is 3.38. The maximum absolute atomic E-state index is 11.2. The van der Waals surface area contributed by atoms with Crippen molar-refractivity contribution in [2.24, 2.45) is 5.10 Å². The summed E-state index contributed by atoms with van der Waals surface area (Å²) in [6, 6.07) is 12.5. The summed E-state index contributed by atoms with van der Waals surface area (Å²) in [5.41, 5.74) is 5.66. The summed E-state index contributed by atoms with van der Waals surface area (Å²) in [4.78, 5) is 21.9. The molecule has 10 nitrogen and oxygen atoms in total. The number of hydrogen-bond donors (Lipinski definition) is 4. The van der Waals surface area contributed by atoms with Crippen molar-refractivity contribution in [1.82, 2.24) is 10.7 Å². The van der Waals surface area contributed by atoms with E-state index in [-0.39, 0.29) is 36.0 Å². The minimum atomic E-state index is -0.838. The Morgan fingerprint density at radius 1 is 1.24 bits per heavy atom. The highest BCUT2D eigenvalue weighted by atomic mass is 16.6. The van der Waals surface area contributed by atoms with Gasteiger partial charge in [0.2, 0.25) is 5.91 Å². The predicted octanol–water partition coefficient (Wildman–Crippen LogP) is 2.74. The monoisotopic (exact) mass is 469 g/mol. The van der Waals surface area contributed by atoms with Crippen LogP contribution in [-0.4, -0.2) is 53.0 Å². The number of benzene rings is 2. The van der Waals surface area contributed by atoms with Crippen molar-refractivity contribution in [1.29, 1.82) is 0 Å². The topological polar surface area (TPSA) is 138 Å². The second-order valence-electron chi connectivity index (χ2n) is 8.98. The Morgan fingerprint density at radius 2 is 1.97 bits per heavy atom. The first-order valence-corrected chi connectivity index (χ1v) is 11.1. The second kappa shape index (κ2) is 11.1. The molecule has 0 saturated heterocycles. The Kier molecular flexibility index (Phi) is 8.19. The summed E-state index contributed by atoms with van der Waals surface area (Å²) in [5, 5.41) is 32.2. The largest absolute Gasteiger partial charge is 0.484 e. The van der Waals surface area contributed by atoms with Gasteiger partial charge in [-0.1, -0.05) is 18.2 Å². The molecular weight excluding hydrogens is 438 g/mol. The van der Waals surface area contributed by atoms with E-state index in [4.69, 9.17) is 4.74 Å². The van der Waals surface area contributed by atoms with Crippen LogP contribution in [-0.2, 0) is 4.79 Å². The van der Waals surface area contributed by atoms with Crippen LogP contribution in [0.1, 0.15) is 37.8 Å². The molecule has 1 atom stereocenters. The molecule has 0 spiro atoms. The molecule has 4 N–H and O–H groups in total. The molecule has 1 aliphatic heterocycles. The fraction of sp³-hybridized carbons (Fsp3) is 0.417. The number of amides is 1. The lowest BCUT2D eigenvalue weighted by atomic mass is 10.0. The van der Waals surface area contributed by atoms with Gasteiger partial charge in [0.15, 0.2) is 5.75 Å². The molecule has 0 aliphatic carbocycles. The quantitative estimate of drug-likeness (QED) is 0.293. The van der Waals surface area contributed by atoms with Crippen LogP contribution in [0.2, 0.25) is 0 Å². The molecule has 0 fully saturated rings. The number of hydrazone groups is 1. The molecule has 0 unspecified atom stereocenters. The van der Waals surface area contributed by atoms with E-state index in [1.54, 1.807) is 12.1 Å². The molecule has 1 amide bonds. The maximum atomic E-state index is 11.2. The molecule has 0 saturated carbocycles. The van der Waals surface area contributed by atoms with Gasteiger partial charge in [-0.2, -0.15) is 5.10 Å².